The molecule has 0 heterocycles. The van der Waals surface area contributed by atoms with E-state index in [2.05, 4.69) is 16.6 Å². The maximum absolute atomic E-state index is 10.7. The SMILES string of the molecule is C#CC(C)(C)NCC(NC(C)=O)C(=O)O. The van der Waals surface area contributed by atoms with Crippen LogP contribution >= 0.6 is 0 Å². The first-order chi connectivity index (χ1) is 6.78. The third-order valence-electron chi connectivity index (χ3n) is 1.78. The summed E-state index contributed by atoms with van der Waals surface area (Å²) in [5.41, 5.74) is -0.591. The molecule has 3 N–H and O–H groups in total. The van der Waals surface area contributed by atoms with Crippen molar-refractivity contribution >= 4 is 11.9 Å². The van der Waals surface area contributed by atoms with Gasteiger partial charge in [-0.15, -0.1) is 6.42 Å². The zero-order valence-corrected chi connectivity index (χ0v) is 9.13. The Kier molecular flexibility index (Phi) is 4.82. The van der Waals surface area contributed by atoms with E-state index >= 15 is 0 Å². The summed E-state index contributed by atoms with van der Waals surface area (Å²) in [4.78, 5) is 21.4. The molecule has 0 rings (SSSR count). The molecule has 0 fully saturated rings. The van der Waals surface area contributed by atoms with E-state index in [0.717, 1.165) is 0 Å². The van der Waals surface area contributed by atoms with Gasteiger partial charge >= 0.3 is 5.97 Å². The van der Waals surface area contributed by atoms with Crippen LogP contribution in [0.1, 0.15) is 20.8 Å². The first-order valence-electron chi connectivity index (χ1n) is 4.51. The van der Waals surface area contributed by atoms with Crippen molar-refractivity contribution in [3.05, 3.63) is 0 Å². The summed E-state index contributed by atoms with van der Waals surface area (Å²) in [7, 11) is 0. The van der Waals surface area contributed by atoms with Crippen LogP contribution in [0.5, 0.6) is 0 Å². The zero-order chi connectivity index (χ0) is 12.1. The molecule has 84 valence electrons. The fourth-order valence-electron chi connectivity index (χ4n) is 0.854. The average Bonchev–Trinajstić information content (AvgIpc) is 2.11. The molecular weight excluding hydrogens is 196 g/mol. The van der Waals surface area contributed by atoms with E-state index < -0.39 is 17.6 Å². The Bertz CT molecular complexity index is 292. The van der Waals surface area contributed by atoms with Crippen LogP contribution in [-0.2, 0) is 9.59 Å². The van der Waals surface area contributed by atoms with E-state index in [1.165, 1.54) is 6.92 Å². The molecule has 0 saturated carbocycles. The summed E-state index contributed by atoms with van der Waals surface area (Å²) in [6.07, 6.45) is 5.22. The lowest BCUT2D eigenvalue weighted by molar-refractivity contribution is -0.141. The molecular formula is C10H16N2O3. The van der Waals surface area contributed by atoms with Gasteiger partial charge in [0.25, 0.3) is 0 Å². The molecule has 0 aliphatic heterocycles. The molecule has 0 aromatic heterocycles. The van der Waals surface area contributed by atoms with Gasteiger partial charge in [-0.3, -0.25) is 10.1 Å². The minimum absolute atomic E-state index is 0.0894. The largest absolute Gasteiger partial charge is 0.480 e. The Hall–Kier alpha value is -1.54. The van der Waals surface area contributed by atoms with Crippen molar-refractivity contribution in [1.29, 1.82) is 0 Å². The summed E-state index contributed by atoms with van der Waals surface area (Å²) < 4.78 is 0. The van der Waals surface area contributed by atoms with Crippen molar-refractivity contribution in [2.24, 2.45) is 0 Å². The molecule has 5 nitrogen and oxygen atoms in total. The van der Waals surface area contributed by atoms with Crippen LogP contribution in [0, 0.1) is 12.3 Å². The summed E-state index contributed by atoms with van der Waals surface area (Å²) in [6, 6.07) is -0.963. The highest BCUT2D eigenvalue weighted by atomic mass is 16.4. The average molecular weight is 212 g/mol. The van der Waals surface area contributed by atoms with Gasteiger partial charge in [-0.05, 0) is 13.8 Å². The Labute approximate surface area is 89.2 Å². The number of carbonyl (C=O) groups excluding carboxylic acids is 1. The molecule has 1 amide bonds. The summed E-state index contributed by atoms with van der Waals surface area (Å²) >= 11 is 0. The van der Waals surface area contributed by atoms with Gasteiger partial charge in [0, 0.05) is 13.5 Å². The van der Waals surface area contributed by atoms with Crippen LogP contribution in [-0.4, -0.2) is 35.1 Å². The van der Waals surface area contributed by atoms with Crippen LogP contribution in [0.3, 0.4) is 0 Å². The molecule has 1 atom stereocenters. The number of rotatable bonds is 5. The predicted octanol–water partition coefficient (Wildman–Crippen LogP) is -0.423. The Morgan fingerprint density at radius 2 is 2.07 bits per heavy atom. The number of carboxylic acid groups (broad SMARTS) is 1. The van der Waals surface area contributed by atoms with Gasteiger partial charge in [0.1, 0.15) is 6.04 Å². The van der Waals surface area contributed by atoms with Crippen LogP contribution in [0.4, 0.5) is 0 Å². The maximum Gasteiger partial charge on any atom is 0.327 e. The molecule has 5 heteroatoms. The quantitative estimate of drug-likeness (QED) is 0.541. The third kappa shape index (κ3) is 5.70. The van der Waals surface area contributed by atoms with E-state index in [1.807, 2.05) is 0 Å². The monoisotopic (exact) mass is 212 g/mol. The number of hydrogen-bond donors (Lipinski definition) is 3. The molecule has 0 aromatic rings. The Morgan fingerprint density at radius 1 is 1.53 bits per heavy atom. The van der Waals surface area contributed by atoms with Crippen molar-refractivity contribution in [2.45, 2.75) is 32.4 Å². The molecule has 0 radical (unpaired) electrons. The predicted molar refractivity (Wildman–Crippen MR) is 56.2 cm³/mol. The molecule has 1 unspecified atom stereocenters. The van der Waals surface area contributed by atoms with Crippen molar-refractivity contribution in [1.82, 2.24) is 10.6 Å². The van der Waals surface area contributed by atoms with Crippen molar-refractivity contribution in [3.8, 4) is 12.3 Å². The van der Waals surface area contributed by atoms with E-state index in [1.54, 1.807) is 13.8 Å². The second-order valence-electron chi connectivity index (χ2n) is 3.74. The lowest BCUT2D eigenvalue weighted by Gasteiger charge is -2.22. The third-order valence-corrected chi connectivity index (χ3v) is 1.78. The van der Waals surface area contributed by atoms with E-state index in [0.29, 0.717) is 0 Å². The topological polar surface area (TPSA) is 78.4 Å². The zero-order valence-electron chi connectivity index (χ0n) is 9.13. The molecule has 0 aliphatic carbocycles. The van der Waals surface area contributed by atoms with Crippen LogP contribution < -0.4 is 10.6 Å². The fraction of sp³-hybridized carbons (Fsp3) is 0.600. The Morgan fingerprint density at radius 3 is 2.40 bits per heavy atom. The second kappa shape index (κ2) is 5.37. The van der Waals surface area contributed by atoms with Gasteiger partial charge in [0.05, 0.1) is 5.54 Å². The number of aliphatic carboxylic acids is 1. The minimum Gasteiger partial charge on any atom is -0.480 e. The minimum atomic E-state index is -1.09. The number of terminal acetylenes is 1. The second-order valence-corrected chi connectivity index (χ2v) is 3.74. The number of carboxylic acids is 1. The van der Waals surface area contributed by atoms with Gasteiger partial charge in [-0.1, -0.05) is 5.92 Å². The van der Waals surface area contributed by atoms with E-state index in [4.69, 9.17) is 11.5 Å². The number of nitrogens with one attached hydrogen (secondary N) is 2. The smallest absolute Gasteiger partial charge is 0.327 e. The molecule has 15 heavy (non-hydrogen) atoms. The van der Waals surface area contributed by atoms with Crippen LogP contribution in [0.2, 0.25) is 0 Å². The Balaban J connectivity index is 4.27. The number of hydrogen-bond acceptors (Lipinski definition) is 3. The van der Waals surface area contributed by atoms with Crippen molar-refractivity contribution in [3.63, 3.8) is 0 Å². The number of amides is 1. The molecule has 0 saturated heterocycles. The van der Waals surface area contributed by atoms with Crippen molar-refractivity contribution < 1.29 is 14.7 Å². The lowest BCUT2D eigenvalue weighted by Crippen LogP contribution is -2.51. The fourth-order valence-corrected chi connectivity index (χ4v) is 0.854. The maximum atomic E-state index is 10.7. The highest BCUT2D eigenvalue weighted by Gasteiger charge is 2.21. The van der Waals surface area contributed by atoms with Gasteiger partial charge < -0.3 is 10.4 Å². The van der Waals surface area contributed by atoms with Gasteiger partial charge in [0.2, 0.25) is 5.91 Å². The van der Waals surface area contributed by atoms with E-state index in [9.17, 15) is 9.59 Å². The van der Waals surface area contributed by atoms with Gasteiger partial charge in [-0.2, -0.15) is 0 Å². The van der Waals surface area contributed by atoms with Gasteiger partial charge in [-0.25, -0.2) is 4.79 Å². The molecule has 0 bridgehead atoms. The lowest BCUT2D eigenvalue weighted by atomic mass is 10.1. The summed E-state index contributed by atoms with van der Waals surface area (Å²) in [6.45, 7) is 4.85. The standard InChI is InChI=1S/C10H16N2O3/c1-5-10(3,4)11-6-8(9(14)15)12-7(2)13/h1,8,11H,6H2,2-4H3,(H,12,13)(H,14,15). The van der Waals surface area contributed by atoms with Crippen LogP contribution in [0.15, 0.2) is 0 Å². The first-order valence-corrected chi connectivity index (χ1v) is 4.51. The first kappa shape index (κ1) is 13.5. The highest BCUT2D eigenvalue weighted by molar-refractivity contribution is 5.82. The van der Waals surface area contributed by atoms with E-state index in [-0.39, 0.29) is 12.5 Å². The number of carbonyl (C=O) groups is 2. The normalized spacial score (nSPS) is 12.7. The summed E-state index contributed by atoms with van der Waals surface area (Å²) in [5, 5.41) is 14.0. The van der Waals surface area contributed by atoms with Crippen LogP contribution in [0.25, 0.3) is 0 Å². The van der Waals surface area contributed by atoms with Crippen molar-refractivity contribution in [2.75, 3.05) is 6.54 Å². The van der Waals surface area contributed by atoms with Gasteiger partial charge in [0.15, 0.2) is 0 Å². The molecule has 0 spiro atoms. The highest BCUT2D eigenvalue weighted by Crippen LogP contribution is 1.98. The summed E-state index contributed by atoms with van der Waals surface area (Å²) in [5.74, 6) is 0.994. The molecule has 0 aromatic carbocycles. The molecule has 0 aliphatic rings.